The van der Waals surface area contributed by atoms with E-state index < -0.39 is 12.1 Å². The van der Waals surface area contributed by atoms with Crippen molar-refractivity contribution >= 4 is 33.9 Å². The molecule has 5 heteroatoms. The second-order valence-electron chi connectivity index (χ2n) is 5.93. The molecule has 1 fully saturated rings. The van der Waals surface area contributed by atoms with Gasteiger partial charge in [-0.2, -0.15) is 0 Å². The molecule has 1 aromatic rings. The molecule has 124 valence electrons. The van der Waals surface area contributed by atoms with Crippen LogP contribution >= 0.6 is 15.9 Å². The molecule has 2 rings (SSSR count). The van der Waals surface area contributed by atoms with Crippen molar-refractivity contribution in [3.8, 4) is 0 Å². The Morgan fingerprint density at radius 3 is 2.70 bits per heavy atom. The fraction of sp³-hybridized carbons (Fsp3) is 0.444. The first-order chi connectivity index (χ1) is 11.0. The Labute approximate surface area is 145 Å². The number of rotatable bonds is 5. The van der Waals surface area contributed by atoms with Gasteiger partial charge in [-0.3, -0.25) is 4.79 Å². The molecule has 0 radical (unpaired) electrons. The van der Waals surface area contributed by atoms with Crippen molar-refractivity contribution in [3.63, 3.8) is 0 Å². The number of halogens is 1. The predicted octanol–water partition coefficient (Wildman–Crippen LogP) is 3.76. The van der Waals surface area contributed by atoms with Crippen LogP contribution in [0.1, 0.15) is 43.7 Å². The van der Waals surface area contributed by atoms with Gasteiger partial charge in [0.25, 0.3) is 5.91 Å². The zero-order chi connectivity index (χ0) is 16.8. The lowest BCUT2D eigenvalue weighted by Gasteiger charge is -2.16. The van der Waals surface area contributed by atoms with Crippen LogP contribution in [0.25, 0.3) is 6.08 Å². The SMILES string of the molecule is Cc1ccc(/C=C/C(=O)O[C@@H](C)C(=O)NC2CCCC2)c(Br)c1. The van der Waals surface area contributed by atoms with Crippen LogP contribution in [0.3, 0.4) is 0 Å². The van der Waals surface area contributed by atoms with E-state index in [0.29, 0.717) is 0 Å². The second-order valence-corrected chi connectivity index (χ2v) is 6.78. The lowest BCUT2D eigenvalue weighted by molar-refractivity contribution is -0.150. The van der Waals surface area contributed by atoms with E-state index in [9.17, 15) is 9.59 Å². The van der Waals surface area contributed by atoms with Crippen LogP contribution in [-0.2, 0) is 14.3 Å². The first kappa shape index (κ1) is 17.7. The summed E-state index contributed by atoms with van der Waals surface area (Å²) in [5.74, 6) is -0.748. The highest BCUT2D eigenvalue weighted by molar-refractivity contribution is 9.10. The quantitative estimate of drug-likeness (QED) is 0.625. The summed E-state index contributed by atoms with van der Waals surface area (Å²) in [6.45, 7) is 3.59. The molecule has 1 saturated carbocycles. The zero-order valence-corrected chi connectivity index (χ0v) is 15.1. The van der Waals surface area contributed by atoms with E-state index in [0.717, 1.165) is 41.3 Å². The van der Waals surface area contributed by atoms with Crippen molar-refractivity contribution in [2.24, 2.45) is 0 Å². The van der Waals surface area contributed by atoms with Gasteiger partial charge in [-0.1, -0.05) is 40.9 Å². The van der Waals surface area contributed by atoms with E-state index >= 15 is 0 Å². The first-order valence-corrected chi connectivity index (χ1v) is 8.70. The van der Waals surface area contributed by atoms with Gasteiger partial charge in [-0.05, 0) is 50.0 Å². The molecular weight excluding hydrogens is 358 g/mol. The maximum absolute atomic E-state index is 12.0. The van der Waals surface area contributed by atoms with Crippen molar-refractivity contribution in [1.29, 1.82) is 0 Å². The number of carbonyl (C=O) groups excluding carboxylic acids is 2. The molecule has 1 atom stereocenters. The third kappa shape index (κ3) is 5.50. The molecule has 0 heterocycles. The Balaban J connectivity index is 1.85. The molecule has 0 bridgehead atoms. The third-order valence-corrected chi connectivity index (χ3v) is 4.61. The molecule has 1 aliphatic carbocycles. The summed E-state index contributed by atoms with van der Waals surface area (Å²) in [5, 5.41) is 2.93. The predicted molar refractivity (Wildman–Crippen MR) is 93.9 cm³/mol. The van der Waals surface area contributed by atoms with Gasteiger partial charge in [0.05, 0.1) is 0 Å². The van der Waals surface area contributed by atoms with Crippen LogP contribution in [-0.4, -0.2) is 24.0 Å². The highest BCUT2D eigenvalue weighted by Crippen LogP contribution is 2.20. The van der Waals surface area contributed by atoms with Gasteiger partial charge in [0.2, 0.25) is 0 Å². The maximum Gasteiger partial charge on any atom is 0.331 e. The number of esters is 1. The lowest BCUT2D eigenvalue weighted by atomic mass is 10.1. The molecular formula is C18H22BrNO3. The maximum atomic E-state index is 12.0. The molecule has 1 N–H and O–H groups in total. The molecule has 1 amide bonds. The fourth-order valence-corrected chi connectivity index (χ4v) is 3.21. The van der Waals surface area contributed by atoms with Crippen LogP contribution in [0, 0.1) is 6.92 Å². The number of nitrogens with one attached hydrogen (secondary N) is 1. The standard InChI is InChI=1S/C18H22BrNO3/c1-12-7-8-14(16(19)11-12)9-10-17(21)23-13(2)18(22)20-15-5-3-4-6-15/h7-11,13,15H,3-6H2,1-2H3,(H,20,22)/b10-9+/t13-/m0/s1. The summed E-state index contributed by atoms with van der Waals surface area (Å²) in [7, 11) is 0. The van der Waals surface area contributed by atoms with Crippen molar-refractivity contribution in [3.05, 3.63) is 39.9 Å². The van der Waals surface area contributed by atoms with Gasteiger partial charge >= 0.3 is 5.97 Å². The highest BCUT2D eigenvalue weighted by Gasteiger charge is 2.22. The summed E-state index contributed by atoms with van der Waals surface area (Å²) >= 11 is 3.45. The van der Waals surface area contributed by atoms with E-state index in [-0.39, 0.29) is 11.9 Å². The average molecular weight is 380 g/mol. The molecule has 0 unspecified atom stereocenters. The minimum absolute atomic E-state index is 0.225. The lowest BCUT2D eigenvalue weighted by Crippen LogP contribution is -2.40. The molecule has 0 spiro atoms. The van der Waals surface area contributed by atoms with E-state index in [1.54, 1.807) is 13.0 Å². The van der Waals surface area contributed by atoms with Crippen LogP contribution < -0.4 is 5.32 Å². The first-order valence-electron chi connectivity index (χ1n) is 7.91. The molecule has 1 aromatic carbocycles. The van der Waals surface area contributed by atoms with Crippen LogP contribution in [0.4, 0.5) is 0 Å². The Morgan fingerprint density at radius 1 is 1.35 bits per heavy atom. The Hall–Kier alpha value is -1.62. The van der Waals surface area contributed by atoms with E-state index in [1.165, 1.54) is 6.08 Å². The molecule has 4 nitrogen and oxygen atoms in total. The second kappa shape index (κ2) is 8.29. The van der Waals surface area contributed by atoms with Crippen LogP contribution in [0.5, 0.6) is 0 Å². The van der Waals surface area contributed by atoms with Crippen LogP contribution in [0.2, 0.25) is 0 Å². The molecule has 23 heavy (non-hydrogen) atoms. The Kier molecular flexibility index (Phi) is 6.39. The van der Waals surface area contributed by atoms with Gasteiger partial charge < -0.3 is 10.1 Å². The minimum Gasteiger partial charge on any atom is -0.449 e. The number of amides is 1. The van der Waals surface area contributed by atoms with Gasteiger partial charge in [-0.25, -0.2) is 4.79 Å². The normalized spacial score (nSPS) is 16.5. The molecule has 0 aromatic heterocycles. The van der Waals surface area contributed by atoms with Gasteiger partial charge in [0.15, 0.2) is 6.10 Å². The Morgan fingerprint density at radius 2 is 2.04 bits per heavy atom. The van der Waals surface area contributed by atoms with Crippen LogP contribution in [0.15, 0.2) is 28.7 Å². The summed E-state index contributed by atoms with van der Waals surface area (Å²) < 4.78 is 6.07. The van der Waals surface area contributed by atoms with Crippen molar-refractivity contribution in [1.82, 2.24) is 5.32 Å². The zero-order valence-electron chi connectivity index (χ0n) is 13.5. The summed E-state index contributed by atoms with van der Waals surface area (Å²) in [4.78, 5) is 23.8. The molecule has 0 aliphatic heterocycles. The van der Waals surface area contributed by atoms with Gasteiger partial charge in [-0.15, -0.1) is 0 Å². The van der Waals surface area contributed by atoms with Crippen molar-refractivity contribution < 1.29 is 14.3 Å². The number of carbonyl (C=O) groups is 2. The smallest absolute Gasteiger partial charge is 0.331 e. The topological polar surface area (TPSA) is 55.4 Å². The average Bonchev–Trinajstić information content (AvgIpc) is 2.99. The minimum atomic E-state index is -0.783. The summed E-state index contributed by atoms with van der Waals surface area (Å²) in [6, 6.07) is 6.08. The number of hydrogen-bond acceptors (Lipinski definition) is 3. The molecule has 0 saturated heterocycles. The third-order valence-electron chi connectivity index (χ3n) is 3.92. The number of ether oxygens (including phenoxy) is 1. The monoisotopic (exact) mass is 379 g/mol. The highest BCUT2D eigenvalue weighted by atomic mass is 79.9. The largest absolute Gasteiger partial charge is 0.449 e. The van der Waals surface area contributed by atoms with Gasteiger partial charge in [0, 0.05) is 16.6 Å². The fourth-order valence-electron chi connectivity index (χ4n) is 2.58. The Bertz CT molecular complexity index is 606. The van der Waals surface area contributed by atoms with Crippen molar-refractivity contribution in [2.45, 2.75) is 51.7 Å². The number of benzene rings is 1. The van der Waals surface area contributed by atoms with Gasteiger partial charge in [0.1, 0.15) is 0 Å². The van der Waals surface area contributed by atoms with E-state index in [1.807, 2.05) is 25.1 Å². The van der Waals surface area contributed by atoms with E-state index in [2.05, 4.69) is 21.2 Å². The number of aryl methyl sites for hydroxylation is 1. The molecule has 1 aliphatic rings. The number of hydrogen-bond donors (Lipinski definition) is 1. The van der Waals surface area contributed by atoms with E-state index in [4.69, 9.17) is 4.74 Å². The van der Waals surface area contributed by atoms with Crippen molar-refractivity contribution in [2.75, 3.05) is 0 Å². The summed E-state index contributed by atoms with van der Waals surface area (Å²) in [6.07, 6.45) is 6.54. The summed E-state index contributed by atoms with van der Waals surface area (Å²) in [5.41, 5.74) is 2.02.